The van der Waals surface area contributed by atoms with Crippen LogP contribution in [-0.2, 0) is 25.8 Å². The number of hydrogen-bond acceptors (Lipinski definition) is 5. The molecular weight excluding hydrogens is 342 g/mol. The summed E-state index contributed by atoms with van der Waals surface area (Å²) in [6, 6.07) is 7.42. The number of nitrogens with one attached hydrogen (secondary N) is 1. The van der Waals surface area contributed by atoms with Crippen molar-refractivity contribution < 1.29 is 22.7 Å². The largest absolute Gasteiger partial charge is 0.444 e. The molecule has 25 heavy (non-hydrogen) atoms. The van der Waals surface area contributed by atoms with Crippen molar-refractivity contribution in [2.75, 3.05) is 6.26 Å². The van der Waals surface area contributed by atoms with Crippen LogP contribution in [0.15, 0.2) is 24.3 Å². The van der Waals surface area contributed by atoms with Crippen LogP contribution in [0.4, 0.5) is 4.79 Å². The molecule has 1 N–H and O–H groups in total. The molecule has 1 aromatic carbocycles. The second kappa shape index (κ2) is 6.44. The van der Waals surface area contributed by atoms with Crippen molar-refractivity contribution in [2.24, 2.45) is 0 Å². The Bertz CT molecular complexity index is 764. The Morgan fingerprint density at radius 3 is 2.24 bits per heavy atom. The number of carbonyl (C=O) groups excluding carboxylic acids is 2. The SMILES string of the molecule is CCc1ccc([C@@H]2[C@@H](S(C)(=O)=O)[C@@]2(C=O)NC(=O)OC(C)(C)C)cc1. The standard InChI is InChI=1S/C18H25NO5S/c1-6-12-7-9-13(10-8-12)14-15(25(5,22)23)18(14,11-20)19-16(21)24-17(2,3)4/h7-11,14-15H,6H2,1-5H3,(H,19,21)/t14-,15-,18+/m1/s1. The molecule has 3 atom stereocenters. The summed E-state index contributed by atoms with van der Waals surface area (Å²) in [6.07, 6.45) is 1.64. The van der Waals surface area contributed by atoms with Crippen molar-refractivity contribution in [3.05, 3.63) is 35.4 Å². The summed E-state index contributed by atoms with van der Waals surface area (Å²) in [5.41, 5.74) is -0.432. The van der Waals surface area contributed by atoms with Crippen LogP contribution >= 0.6 is 0 Å². The summed E-state index contributed by atoms with van der Waals surface area (Å²) in [7, 11) is -3.55. The van der Waals surface area contributed by atoms with Crippen LogP contribution < -0.4 is 5.32 Å². The number of ether oxygens (including phenoxy) is 1. The lowest BCUT2D eigenvalue weighted by Crippen LogP contribution is -2.45. The first-order chi connectivity index (χ1) is 11.4. The molecule has 1 amide bonds. The predicted octanol–water partition coefficient (Wildman–Crippen LogP) is 2.22. The summed E-state index contributed by atoms with van der Waals surface area (Å²) in [5, 5.41) is 1.50. The molecule has 1 aromatic rings. The third-order valence-corrected chi connectivity index (χ3v) is 5.88. The van der Waals surface area contributed by atoms with Gasteiger partial charge in [-0.05, 0) is 38.3 Å². The quantitative estimate of drug-likeness (QED) is 0.806. The average Bonchev–Trinajstić information content (AvgIpc) is 3.14. The molecule has 0 unspecified atom stereocenters. The molecule has 2 rings (SSSR count). The lowest BCUT2D eigenvalue weighted by atomic mass is 10.0. The van der Waals surface area contributed by atoms with Gasteiger partial charge in [0, 0.05) is 12.2 Å². The number of amides is 1. The fourth-order valence-corrected chi connectivity index (χ4v) is 4.95. The summed E-state index contributed by atoms with van der Waals surface area (Å²) in [4.78, 5) is 24.0. The van der Waals surface area contributed by atoms with Crippen LogP contribution in [0.25, 0.3) is 0 Å². The zero-order valence-corrected chi connectivity index (χ0v) is 16.0. The number of benzene rings is 1. The molecule has 0 aromatic heterocycles. The lowest BCUT2D eigenvalue weighted by Gasteiger charge is -2.22. The first-order valence-corrected chi connectivity index (χ1v) is 10.1. The van der Waals surface area contributed by atoms with Gasteiger partial charge in [0.15, 0.2) is 9.84 Å². The van der Waals surface area contributed by atoms with Crippen molar-refractivity contribution in [1.29, 1.82) is 0 Å². The number of sulfone groups is 1. The highest BCUT2D eigenvalue weighted by Crippen LogP contribution is 2.54. The molecule has 0 saturated heterocycles. The minimum absolute atomic E-state index is 0.515. The van der Waals surface area contributed by atoms with Crippen LogP contribution in [0.3, 0.4) is 0 Å². The average molecular weight is 367 g/mol. The van der Waals surface area contributed by atoms with Gasteiger partial charge in [0.05, 0.1) is 0 Å². The van der Waals surface area contributed by atoms with Crippen molar-refractivity contribution in [1.82, 2.24) is 5.32 Å². The van der Waals surface area contributed by atoms with Crippen LogP contribution in [0.5, 0.6) is 0 Å². The fraction of sp³-hybridized carbons (Fsp3) is 0.556. The lowest BCUT2D eigenvalue weighted by molar-refractivity contribution is -0.110. The molecule has 6 nitrogen and oxygen atoms in total. The number of alkyl carbamates (subject to hydrolysis) is 1. The summed E-state index contributed by atoms with van der Waals surface area (Å²) in [5.74, 6) is -0.626. The second-order valence-corrected chi connectivity index (χ2v) is 9.67. The van der Waals surface area contributed by atoms with Gasteiger partial charge < -0.3 is 14.8 Å². The summed E-state index contributed by atoms with van der Waals surface area (Å²) in [6.45, 7) is 7.11. The van der Waals surface area contributed by atoms with E-state index in [-0.39, 0.29) is 0 Å². The van der Waals surface area contributed by atoms with Crippen molar-refractivity contribution in [3.8, 4) is 0 Å². The highest BCUT2D eigenvalue weighted by molar-refractivity contribution is 7.91. The van der Waals surface area contributed by atoms with Crippen LogP contribution in [0, 0.1) is 0 Å². The number of aryl methyl sites for hydroxylation is 1. The zero-order chi connectivity index (χ0) is 19.0. The smallest absolute Gasteiger partial charge is 0.408 e. The van der Waals surface area contributed by atoms with E-state index in [1.54, 1.807) is 20.8 Å². The summed E-state index contributed by atoms with van der Waals surface area (Å²) < 4.78 is 29.6. The maximum atomic E-state index is 12.2. The molecule has 138 valence electrons. The van der Waals surface area contributed by atoms with Crippen molar-refractivity contribution in [2.45, 2.75) is 56.4 Å². The van der Waals surface area contributed by atoms with Crippen molar-refractivity contribution in [3.63, 3.8) is 0 Å². The Morgan fingerprint density at radius 1 is 1.28 bits per heavy atom. The number of carbonyl (C=O) groups is 2. The monoisotopic (exact) mass is 367 g/mol. The molecule has 0 aliphatic heterocycles. The third-order valence-electron chi connectivity index (χ3n) is 4.30. The maximum absolute atomic E-state index is 12.2. The maximum Gasteiger partial charge on any atom is 0.408 e. The van der Waals surface area contributed by atoms with E-state index >= 15 is 0 Å². The van der Waals surface area contributed by atoms with E-state index in [0.29, 0.717) is 11.8 Å². The van der Waals surface area contributed by atoms with Gasteiger partial charge in [-0.3, -0.25) is 0 Å². The van der Waals surface area contributed by atoms with Gasteiger partial charge in [-0.2, -0.15) is 0 Å². The Labute approximate surface area is 148 Å². The van der Waals surface area contributed by atoms with E-state index in [0.717, 1.165) is 18.2 Å². The number of aldehydes is 1. The van der Waals surface area contributed by atoms with E-state index in [1.807, 2.05) is 31.2 Å². The minimum Gasteiger partial charge on any atom is -0.444 e. The summed E-state index contributed by atoms with van der Waals surface area (Å²) >= 11 is 0. The predicted molar refractivity (Wildman–Crippen MR) is 95.4 cm³/mol. The third kappa shape index (κ3) is 4.03. The van der Waals surface area contributed by atoms with E-state index in [2.05, 4.69) is 5.32 Å². The van der Waals surface area contributed by atoms with Crippen molar-refractivity contribution >= 4 is 22.2 Å². The van der Waals surface area contributed by atoms with Gasteiger partial charge in [0.2, 0.25) is 0 Å². The number of hydrogen-bond donors (Lipinski definition) is 1. The van der Waals surface area contributed by atoms with Gasteiger partial charge in [0.1, 0.15) is 22.7 Å². The molecule has 1 aliphatic rings. The topological polar surface area (TPSA) is 89.5 Å². The first-order valence-electron chi connectivity index (χ1n) is 8.20. The van der Waals surface area contributed by atoms with E-state index in [1.165, 1.54) is 0 Å². The molecule has 1 aliphatic carbocycles. The van der Waals surface area contributed by atoms with E-state index < -0.39 is 38.2 Å². The molecule has 0 radical (unpaired) electrons. The van der Waals surface area contributed by atoms with Crippen LogP contribution in [-0.4, -0.2) is 43.4 Å². The normalized spacial score (nSPS) is 26.0. The van der Waals surface area contributed by atoms with E-state index in [9.17, 15) is 18.0 Å². The Kier molecular flexibility index (Phi) is 5.01. The molecule has 1 saturated carbocycles. The van der Waals surface area contributed by atoms with Gasteiger partial charge in [0.25, 0.3) is 0 Å². The minimum atomic E-state index is -3.55. The Balaban J connectivity index is 2.36. The molecule has 7 heteroatoms. The first kappa shape index (κ1) is 19.4. The molecule has 0 spiro atoms. The molecule has 1 fully saturated rings. The van der Waals surface area contributed by atoms with E-state index in [4.69, 9.17) is 4.74 Å². The number of rotatable bonds is 5. The van der Waals surface area contributed by atoms with Gasteiger partial charge >= 0.3 is 6.09 Å². The van der Waals surface area contributed by atoms with Crippen LogP contribution in [0.1, 0.15) is 44.7 Å². The fourth-order valence-electron chi connectivity index (χ4n) is 3.19. The Morgan fingerprint density at radius 2 is 1.84 bits per heavy atom. The highest BCUT2D eigenvalue weighted by Gasteiger charge is 2.71. The highest BCUT2D eigenvalue weighted by atomic mass is 32.2. The molecule has 0 heterocycles. The van der Waals surface area contributed by atoms with Gasteiger partial charge in [-0.15, -0.1) is 0 Å². The van der Waals surface area contributed by atoms with Crippen LogP contribution in [0.2, 0.25) is 0 Å². The van der Waals surface area contributed by atoms with Gasteiger partial charge in [-0.25, -0.2) is 13.2 Å². The Hall–Kier alpha value is -1.89. The van der Waals surface area contributed by atoms with Gasteiger partial charge in [-0.1, -0.05) is 31.2 Å². The second-order valence-electron chi connectivity index (χ2n) is 7.50. The zero-order valence-electron chi connectivity index (χ0n) is 15.2. The molecular formula is C18H25NO5S. The molecule has 0 bridgehead atoms.